The van der Waals surface area contributed by atoms with Gasteiger partial charge in [0.15, 0.2) is 5.16 Å². The van der Waals surface area contributed by atoms with Gasteiger partial charge in [-0.2, -0.15) is 0 Å². The number of thioether (sulfide) groups is 1. The molecule has 1 saturated carbocycles. The molecule has 1 amide bonds. The molecule has 0 unspecified atom stereocenters. The van der Waals surface area contributed by atoms with Gasteiger partial charge in [-0.15, -0.1) is 16.8 Å². The molecule has 0 atom stereocenters. The Bertz CT molecular complexity index is 647. The van der Waals surface area contributed by atoms with Crippen LogP contribution in [-0.4, -0.2) is 26.4 Å². The molecule has 2 heterocycles. The quantitative estimate of drug-likeness (QED) is 0.597. The number of allylic oxidation sites excluding steroid dienone is 1. The summed E-state index contributed by atoms with van der Waals surface area (Å²) in [6.45, 7) is 4.85. The normalized spacial score (nSPS) is 14.0. The molecule has 116 valence electrons. The van der Waals surface area contributed by atoms with Crippen molar-refractivity contribution in [3.05, 3.63) is 42.6 Å². The van der Waals surface area contributed by atoms with Crippen molar-refractivity contribution in [2.24, 2.45) is 0 Å². The zero-order valence-electron chi connectivity index (χ0n) is 12.2. The standard InChI is InChI=1S/C15H18N4O2S/c1-2-7-19-14(11-5-6-11)17-18-15(19)22-10-13(20)16-9-12-4-3-8-21-12/h2-4,8,11H,1,5-7,9-10H2,(H,16,20). The Kier molecular flexibility index (Phi) is 4.62. The van der Waals surface area contributed by atoms with Gasteiger partial charge in [-0.25, -0.2) is 0 Å². The van der Waals surface area contributed by atoms with Gasteiger partial charge in [0.2, 0.25) is 5.91 Å². The second-order valence-corrected chi connectivity index (χ2v) is 6.10. The van der Waals surface area contributed by atoms with Crippen molar-refractivity contribution >= 4 is 17.7 Å². The summed E-state index contributed by atoms with van der Waals surface area (Å²) in [6.07, 6.45) is 5.76. The highest BCUT2D eigenvalue weighted by Crippen LogP contribution is 2.39. The second kappa shape index (κ2) is 6.83. The minimum Gasteiger partial charge on any atom is -0.467 e. The largest absolute Gasteiger partial charge is 0.467 e. The minimum atomic E-state index is -0.0532. The number of hydrogen-bond donors (Lipinski definition) is 1. The molecule has 0 aliphatic heterocycles. The lowest BCUT2D eigenvalue weighted by Crippen LogP contribution is -2.24. The van der Waals surface area contributed by atoms with Gasteiger partial charge in [0.1, 0.15) is 11.6 Å². The van der Waals surface area contributed by atoms with Gasteiger partial charge in [-0.05, 0) is 25.0 Å². The lowest BCUT2D eigenvalue weighted by Gasteiger charge is -2.07. The number of rotatable bonds is 8. The van der Waals surface area contributed by atoms with Crippen LogP contribution < -0.4 is 5.32 Å². The van der Waals surface area contributed by atoms with Crippen LogP contribution in [0.4, 0.5) is 0 Å². The van der Waals surface area contributed by atoms with Gasteiger partial charge >= 0.3 is 0 Å². The molecule has 1 N–H and O–H groups in total. The highest BCUT2D eigenvalue weighted by Gasteiger charge is 2.30. The lowest BCUT2D eigenvalue weighted by molar-refractivity contribution is -0.118. The van der Waals surface area contributed by atoms with Crippen molar-refractivity contribution in [3.8, 4) is 0 Å². The third-order valence-electron chi connectivity index (χ3n) is 3.37. The van der Waals surface area contributed by atoms with E-state index >= 15 is 0 Å². The van der Waals surface area contributed by atoms with Crippen molar-refractivity contribution in [3.63, 3.8) is 0 Å². The summed E-state index contributed by atoms with van der Waals surface area (Å²) in [5.74, 6) is 2.53. The number of hydrogen-bond acceptors (Lipinski definition) is 5. The van der Waals surface area contributed by atoms with Crippen LogP contribution in [0.25, 0.3) is 0 Å². The van der Waals surface area contributed by atoms with Gasteiger partial charge in [0.25, 0.3) is 0 Å². The maximum atomic E-state index is 11.9. The van der Waals surface area contributed by atoms with Crippen molar-refractivity contribution in [2.45, 2.75) is 37.0 Å². The lowest BCUT2D eigenvalue weighted by atomic mass is 10.4. The molecule has 0 aromatic carbocycles. The third kappa shape index (κ3) is 3.59. The number of aromatic nitrogens is 3. The number of furan rings is 1. The molecule has 0 radical (unpaired) electrons. The number of amides is 1. The summed E-state index contributed by atoms with van der Waals surface area (Å²) in [4.78, 5) is 11.9. The van der Waals surface area contributed by atoms with E-state index in [0.29, 0.717) is 24.8 Å². The Morgan fingerprint density at radius 1 is 1.55 bits per heavy atom. The number of nitrogens with one attached hydrogen (secondary N) is 1. The molecular weight excluding hydrogens is 300 g/mol. The Hall–Kier alpha value is -2.02. The van der Waals surface area contributed by atoms with E-state index in [0.717, 1.165) is 16.7 Å². The summed E-state index contributed by atoms with van der Waals surface area (Å²) >= 11 is 1.40. The fraction of sp³-hybridized carbons (Fsp3) is 0.400. The predicted octanol–water partition coefficient (Wildman–Crippen LogP) is 2.34. The molecule has 7 heteroatoms. The predicted molar refractivity (Wildman–Crippen MR) is 83.5 cm³/mol. The molecule has 1 aliphatic rings. The summed E-state index contributed by atoms with van der Waals surface area (Å²) in [6, 6.07) is 3.63. The van der Waals surface area contributed by atoms with Crippen molar-refractivity contribution in [1.82, 2.24) is 20.1 Å². The average Bonchev–Trinajstić information content (AvgIpc) is 3.08. The fourth-order valence-electron chi connectivity index (χ4n) is 2.13. The van der Waals surface area contributed by atoms with Crippen molar-refractivity contribution < 1.29 is 9.21 Å². The van der Waals surface area contributed by atoms with E-state index in [4.69, 9.17) is 4.42 Å². The first kappa shape index (κ1) is 14.9. The highest BCUT2D eigenvalue weighted by atomic mass is 32.2. The Morgan fingerprint density at radius 3 is 3.09 bits per heavy atom. The maximum Gasteiger partial charge on any atom is 0.230 e. The summed E-state index contributed by atoms with van der Waals surface area (Å²) in [7, 11) is 0. The smallest absolute Gasteiger partial charge is 0.230 e. The highest BCUT2D eigenvalue weighted by molar-refractivity contribution is 7.99. The maximum absolute atomic E-state index is 11.9. The van der Waals surface area contributed by atoms with E-state index in [1.54, 1.807) is 12.3 Å². The number of nitrogens with zero attached hydrogens (tertiary/aromatic N) is 3. The molecule has 6 nitrogen and oxygen atoms in total. The van der Waals surface area contributed by atoms with Crippen LogP contribution in [0.5, 0.6) is 0 Å². The molecular formula is C15H18N4O2S. The molecule has 0 saturated heterocycles. The summed E-state index contributed by atoms with van der Waals surface area (Å²) in [5.41, 5.74) is 0. The van der Waals surface area contributed by atoms with Gasteiger partial charge in [-0.1, -0.05) is 17.8 Å². The topological polar surface area (TPSA) is 73.0 Å². The zero-order chi connectivity index (χ0) is 15.4. The molecule has 2 aromatic heterocycles. The van der Waals surface area contributed by atoms with Crippen molar-refractivity contribution in [2.75, 3.05) is 5.75 Å². The first-order valence-electron chi connectivity index (χ1n) is 7.24. The van der Waals surface area contributed by atoms with E-state index in [2.05, 4.69) is 26.7 Å². The molecule has 1 fully saturated rings. The third-order valence-corrected chi connectivity index (χ3v) is 4.34. The van der Waals surface area contributed by atoms with Crippen LogP contribution in [0, 0.1) is 0 Å². The number of carbonyl (C=O) groups excluding carboxylic acids is 1. The van der Waals surface area contributed by atoms with E-state index < -0.39 is 0 Å². The molecule has 1 aliphatic carbocycles. The average molecular weight is 318 g/mol. The number of carbonyl (C=O) groups is 1. The second-order valence-electron chi connectivity index (χ2n) is 5.16. The fourth-order valence-corrected chi connectivity index (χ4v) is 2.92. The zero-order valence-corrected chi connectivity index (χ0v) is 13.0. The van der Waals surface area contributed by atoms with Gasteiger partial charge < -0.3 is 14.3 Å². The van der Waals surface area contributed by atoms with E-state index in [1.165, 1.54) is 24.6 Å². The first-order chi connectivity index (χ1) is 10.8. The van der Waals surface area contributed by atoms with E-state index in [1.807, 2.05) is 12.1 Å². The molecule has 2 aromatic rings. The summed E-state index contributed by atoms with van der Waals surface area (Å²) < 4.78 is 7.23. The van der Waals surface area contributed by atoms with Crippen LogP contribution in [-0.2, 0) is 17.9 Å². The first-order valence-corrected chi connectivity index (χ1v) is 8.22. The van der Waals surface area contributed by atoms with Gasteiger partial charge in [0.05, 0.1) is 18.6 Å². The molecule has 3 rings (SSSR count). The van der Waals surface area contributed by atoms with Crippen LogP contribution in [0.1, 0.15) is 30.3 Å². The molecule has 0 bridgehead atoms. The summed E-state index contributed by atoms with van der Waals surface area (Å²) in [5, 5.41) is 12.1. The van der Waals surface area contributed by atoms with Crippen LogP contribution in [0.15, 0.2) is 40.6 Å². The Morgan fingerprint density at radius 2 is 2.41 bits per heavy atom. The van der Waals surface area contributed by atoms with Crippen LogP contribution in [0.2, 0.25) is 0 Å². The Balaban J connectivity index is 1.54. The SMILES string of the molecule is C=CCn1c(SCC(=O)NCc2ccco2)nnc1C1CC1. The van der Waals surface area contributed by atoms with Crippen LogP contribution in [0.3, 0.4) is 0 Å². The van der Waals surface area contributed by atoms with E-state index in [9.17, 15) is 4.79 Å². The van der Waals surface area contributed by atoms with Gasteiger partial charge in [-0.3, -0.25) is 4.79 Å². The minimum absolute atomic E-state index is 0.0532. The van der Waals surface area contributed by atoms with Gasteiger partial charge in [0, 0.05) is 12.5 Å². The monoisotopic (exact) mass is 318 g/mol. The van der Waals surface area contributed by atoms with Crippen LogP contribution >= 0.6 is 11.8 Å². The Labute approximate surface area is 133 Å². The van der Waals surface area contributed by atoms with E-state index in [-0.39, 0.29) is 5.91 Å². The molecule has 0 spiro atoms. The molecule has 22 heavy (non-hydrogen) atoms. The van der Waals surface area contributed by atoms with Crippen molar-refractivity contribution in [1.29, 1.82) is 0 Å².